The number of rotatable bonds is 0. The smallest absolute Gasteiger partial charge is 0.165 e. The van der Waals surface area contributed by atoms with Crippen LogP contribution >= 0.6 is 22.9 Å². The summed E-state index contributed by atoms with van der Waals surface area (Å²) in [5.74, 6) is 0.224. The first-order valence-electron chi connectivity index (χ1n) is 5.93. The SMILES string of the molecule is O=C1CCc2ccccc2N(I)c2ccccc21. The largest absolute Gasteiger partial charge is 0.294 e. The maximum Gasteiger partial charge on any atom is 0.165 e. The van der Waals surface area contributed by atoms with Crippen molar-refractivity contribution in [3.8, 4) is 0 Å². The van der Waals surface area contributed by atoms with E-state index in [4.69, 9.17) is 0 Å². The summed E-state index contributed by atoms with van der Waals surface area (Å²) in [5.41, 5.74) is 4.21. The minimum Gasteiger partial charge on any atom is -0.294 e. The summed E-state index contributed by atoms with van der Waals surface area (Å²) in [7, 11) is 0. The van der Waals surface area contributed by atoms with Crippen LogP contribution in [0.1, 0.15) is 22.3 Å². The predicted molar refractivity (Wildman–Crippen MR) is 81.7 cm³/mol. The van der Waals surface area contributed by atoms with E-state index >= 15 is 0 Å². The number of hydrogen-bond acceptors (Lipinski definition) is 2. The third kappa shape index (κ3) is 1.92. The number of nitrogens with zero attached hydrogens (tertiary/aromatic N) is 1. The molecule has 1 heterocycles. The molecule has 0 spiro atoms. The first kappa shape index (κ1) is 11.7. The fourth-order valence-corrected chi connectivity index (χ4v) is 3.20. The van der Waals surface area contributed by atoms with Crippen LogP contribution in [0.25, 0.3) is 0 Å². The van der Waals surface area contributed by atoms with Gasteiger partial charge in [0, 0.05) is 12.0 Å². The first-order chi connectivity index (χ1) is 8.77. The number of aryl methyl sites for hydroxylation is 1. The van der Waals surface area contributed by atoms with E-state index in [2.05, 4.69) is 38.1 Å². The van der Waals surface area contributed by atoms with Gasteiger partial charge in [-0.25, -0.2) is 0 Å². The van der Waals surface area contributed by atoms with Crippen molar-refractivity contribution < 1.29 is 4.79 Å². The molecule has 0 fully saturated rings. The van der Waals surface area contributed by atoms with Gasteiger partial charge in [0.25, 0.3) is 0 Å². The minimum absolute atomic E-state index is 0.224. The van der Waals surface area contributed by atoms with Gasteiger partial charge >= 0.3 is 0 Å². The molecule has 1 aliphatic heterocycles. The molecule has 0 saturated carbocycles. The van der Waals surface area contributed by atoms with Gasteiger partial charge in [-0.1, -0.05) is 30.3 Å². The van der Waals surface area contributed by atoms with Crippen molar-refractivity contribution in [2.45, 2.75) is 12.8 Å². The Balaban J connectivity index is 2.20. The third-order valence-corrected chi connectivity index (χ3v) is 4.28. The molecule has 0 radical (unpaired) electrons. The van der Waals surface area contributed by atoms with Crippen molar-refractivity contribution in [2.75, 3.05) is 3.11 Å². The zero-order chi connectivity index (χ0) is 12.5. The van der Waals surface area contributed by atoms with E-state index in [1.54, 1.807) is 0 Å². The van der Waals surface area contributed by atoms with E-state index in [1.807, 2.05) is 36.4 Å². The van der Waals surface area contributed by atoms with Gasteiger partial charge in [-0.3, -0.25) is 7.91 Å². The molecule has 2 aromatic rings. The van der Waals surface area contributed by atoms with Crippen LogP contribution in [0.5, 0.6) is 0 Å². The normalized spacial score (nSPS) is 14.5. The van der Waals surface area contributed by atoms with E-state index in [1.165, 1.54) is 11.3 Å². The number of benzene rings is 2. The Morgan fingerprint density at radius 2 is 1.56 bits per heavy atom. The van der Waals surface area contributed by atoms with Crippen LogP contribution in [0, 0.1) is 0 Å². The summed E-state index contributed by atoms with van der Waals surface area (Å²) in [6.07, 6.45) is 1.39. The molecule has 0 unspecified atom stereocenters. The Kier molecular flexibility index (Phi) is 3.07. The maximum atomic E-state index is 12.2. The summed E-state index contributed by atoms with van der Waals surface area (Å²) in [4.78, 5) is 12.2. The molecule has 3 rings (SSSR count). The molecular formula is C15H12INO. The number of ketones is 1. The number of hydrogen-bond donors (Lipinski definition) is 0. The van der Waals surface area contributed by atoms with Crippen molar-refractivity contribution in [1.29, 1.82) is 0 Å². The van der Waals surface area contributed by atoms with Gasteiger partial charge in [0.1, 0.15) is 0 Å². The highest BCUT2D eigenvalue weighted by molar-refractivity contribution is 14.1. The standard InChI is InChI=1S/C15H12INO/c16-17-13-7-3-1-5-11(13)9-10-15(18)12-6-2-4-8-14(12)17/h1-8H,9-10H2. The summed E-state index contributed by atoms with van der Waals surface area (Å²) in [5, 5.41) is 0. The minimum atomic E-state index is 0.224. The molecule has 0 aliphatic carbocycles. The number of halogens is 1. The fourth-order valence-electron chi connectivity index (χ4n) is 2.31. The lowest BCUT2D eigenvalue weighted by Gasteiger charge is -2.24. The Hall–Kier alpha value is -1.36. The second kappa shape index (κ2) is 4.72. The fraction of sp³-hybridized carbons (Fsp3) is 0.133. The monoisotopic (exact) mass is 349 g/mol. The van der Waals surface area contributed by atoms with E-state index in [0.717, 1.165) is 17.7 Å². The molecule has 18 heavy (non-hydrogen) atoms. The number of anilines is 2. The molecule has 90 valence electrons. The quantitative estimate of drug-likeness (QED) is 0.522. The topological polar surface area (TPSA) is 20.3 Å². The number of para-hydroxylation sites is 2. The molecule has 0 aromatic heterocycles. The van der Waals surface area contributed by atoms with Crippen LogP contribution in [-0.2, 0) is 6.42 Å². The van der Waals surface area contributed by atoms with Crippen LogP contribution in [-0.4, -0.2) is 5.78 Å². The Bertz CT molecular complexity index is 609. The van der Waals surface area contributed by atoms with Gasteiger partial charge < -0.3 is 0 Å². The van der Waals surface area contributed by atoms with Gasteiger partial charge in [0.05, 0.1) is 34.2 Å². The summed E-state index contributed by atoms with van der Waals surface area (Å²) in [6.45, 7) is 0. The van der Waals surface area contributed by atoms with Crippen LogP contribution < -0.4 is 3.11 Å². The lowest BCUT2D eigenvalue weighted by Crippen LogP contribution is -2.14. The van der Waals surface area contributed by atoms with Gasteiger partial charge in [0.2, 0.25) is 0 Å². The van der Waals surface area contributed by atoms with Gasteiger partial charge in [0.15, 0.2) is 5.78 Å². The number of carbonyl (C=O) groups is 1. The number of carbonyl (C=O) groups excluding carboxylic acids is 1. The average molecular weight is 349 g/mol. The molecular weight excluding hydrogens is 337 g/mol. The van der Waals surface area contributed by atoms with E-state index in [0.29, 0.717) is 6.42 Å². The highest BCUT2D eigenvalue weighted by atomic mass is 127. The third-order valence-electron chi connectivity index (χ3n) is 3.24. The molecule has 0 N–H and O–H groups in total. The molecule has 0 atom stereocenters. The molecule has 0 saturated heterocycles. The number of Topliss-reactive ketones (excluding diaryl/α,β-unsaturated/α-hetero) is 1. The zero-order valence-electron chi connectivity index (χ0n) is 9.77. The predicted octanol–water partition coefficient (Wildman–Crippen LogP) is 4.30. The highest BCUT2D eigenvalue weighted by Crippen LogP contribution is 2.37. The van der Waals surface area contributed by atoms with Crippen molar-refractivity contribution in [3.05, 3.63) is 59.7 Å². The van der Waals surface area contributed by atoms with E-state index < -0.39 is 0 Å². The first-order valence-corrected chi connectivity index (χ1v) is 6.90. The molecule has 1 aliphatic rings. The van der Waals surface area contributed by atoms with Crippen molar-refractivity contribution in [2.24, 2.45) is 0 Å². The second-order valence-corrected chi connectivity index (χ2v) is 5.31. The Morgan fingerprint density at radius 1 is 0.889 bits per heavy atom. The highest BCUT2D eigenvalue weighted by Gasteiger charge is 2.21. The van der Waals surface area contributed by atoms with Gasteiger partial charge in [-0.15, -0.1) is 0 Å². The molecule has 2 aromatic carbocycles. The average Bonchev–Trinajstić information content (AvgIpc) is 2.43. The van der Waals surface area contributed by atoms with Crippen LogP contribution in [0.3, 0.4) is 0 Å². The lowest BCUT2D eigenvalue weighted by molar-refractivity contribution is 0.0983. The van der Waals surface area contributed by atoms with Crippen molar-refractivity contribution >= 4 is 40.0 Å². The van der Waals surface area contributed by atoms with Gasteiger partial charge in [-0.2, -0.15) is 0 Å². The second-order valence-electron chi connectivity index (χ2n) is 4.35. The maximum absolute atomic E-state index is 12.2. The summed E-state index contributed by atoms with van der Waals surface area (Å²) >= 11 is 2.27. The lowest BCUT2D eigenvalue weighted by atomic mass is 9.97. The van der Waals surface area contributed by atoms with E-state index in [-0.39, 0.29) is 5.78 Å². The summed E-state index contributed by atoms with van der Waals surface area (Å²) < 4.78 is 2.08. The van der Waals surface area contributed by atoms with Crippen LogP contribution in [0.2, 0.25) is 0 Å². The molecule has 3 heteroatoms. The van der Waals surface area contributed by atoms with Crippen LogP contribution in [0.15, 0.2) is 48.5 Å². The number of fused-ring (bicyclic) bond motifs is 2. The zero-order valence-corrected chi connectivity index (χ0v) is 11.9. The van der Waals surface area contributed by atoms with Crippen molar-refractivity contribution in [3.63, 3.8) is 0 Å². The Labute approximate surface area is 120 Å². The Morgan fingerprint density at radius 3 is 2.39 bits per heavy atom. The van der Waals surface area contributed by atoms with Gasteiger partial charge in [-0.05, 0) is 30.2 Å². The van der Waals surface area contributed by atoms with Crippen LogP contribution in [0.4, 0.5) is 11.4 Å². The van der Waals surface area contributed by atoms with E-state index in [9.17, 15) is 4.79 Å². The summed E-state index contributed by atoms with van der Waals surface area (Å²) in [6, 6.07) is 16.1. The molecule has 2 nitrogen and oxygen atoms in total. The molecule has 0 amide bonds. The van der Waals surface area contributed by atoms with Crippen molar-refractivity contribution in [1.82, 2.24) is 0 Å². The molecule has 0 bridgehead atoms.